The van der Waals surface area contributed by atoms with Gasteiger partial charge in [-0.05, 0) is 30.7 Å². The molecule has 2 aromatic carbocycles. The second kappa shape index (κ2) is 7.54. The van der Waals surface area contributed by atoms with E-state index < -0.39 is 19.3 Å². The number of nitrogens with zero attached hydrogens (tertiary/aromatic N) is 2. The molecule has 0 spiro atoms. The molecule has 0 bridgehead atoms. The van der Waals surface area contributed by atoms with Crippen molar-refractivity contribution in [1.29, 1.82) is 0 Å². The van der Waals surface area contributed by atoms with E-state index in [2.05, 4.69) is 37.2 Å². The summed E-state index contributed by atoms with van der Waals surface area (Å²) in [6.07, 6.45) is 0.205. The fourth-order valence-corrected chi connectivity index (χ4v) is 5.06. The molecule has 28 heavy (non-hydrogen) atoms. The van der Waals surface area contributed by atoms with Crippen molar-refractivity contribution >= 4 is 59.2 Å². The molecule has 2 aromatic rings. The summed E-state index contributed by atoms with van der Waals surface area (Å²) in [6, 6.07) is 10.1. The van der Waals surface area contributed by atoms with Gasteiger partial charge in [0.25, 0.3) is 5.69 Å². The predicted octanol–water partition coefficient (Wildman–Crippen LogP) is 3.61. The van der Waals surface area contributed by atoms with Crippen LogP contribution in [0.5, 0.6) is 0 Å². The normalized spacial score (nSPS) is 18.8. The second-order valence-corrected chi connectivity index (χ2v) is 10.6. The number of halogens is 2. The SMILES string of the molecule is CN(CCC1(Br)C(=O)Nc2cc(Br)ccc21)S(=O)(=O)c1ccc([N+](=O)[O-])cc1. The molecule has 3 rings (SSSR count). The number of hydrogen-bond donors (Lipinski definition) is 1. The van der Waals surface area contributed by atoms with E-state index >= 15 is 0 Å². The monoisotopic (exact) mass is 531 g/mol. The van der Waals surface area contributed by atoms with Crippen molar-refractivity contribution in [3.63, 3.8) is 0 Å². The molecule has 1 unspecified atom stereocenters. The average molecular weight is 533 g/mol. The van der Waals surface area contributed by atoms with E-state index in [0.29, 0.717) is 5.69 Å². The van der Waals surface area contributed by atoms with E-state index in [-0.39, 0.29) is 29.5 Å². The number of alkyl halides is 1. The molecule has 1 N–H and O–H groups in total. The van der Waals surface area contributed by atoms with Gasteiger partial charge in [-0.2, -0.15) is 0 Å². The molecule has 0 saturated carbocycles. The summed E-state index contributed by atoms with van der Waals surface area (Å²) in [7, 11) is -2.45. The van der Waals surface area contributed by atoms with Crippen LogP contribution in [0.15, 0.2) is 51.8 Å². The molecule has 0 aliphatic carbocycles. The molecule has 1 aliphatic heterocycles. The minimum Gasteiger partial charge on any atom is -0.324 e. The molecular weight excluding hydrogens is 518 g/mol. The first-order valence-corrected chi connectivity index (χ1v) is 11.1. The maximum Gasteiger partial charge on any atom is 0.269 e. The summed E-state index contributed by atoms with van der Waals surface area (Å²) < 4.78 is 26.4. The van der Waals surface area contributed by atoms with Gasteiger partial charge in [-0.3, -0.25) is 14.9 Å². The average Bonchev–Trinajstić information content (AvgIpc) is 2.89. The highest BCUT2D eigenvalue weighted by atomic mass is 79.9. The highest BCUT2D eigenvalue weighted by molar-refractivity contribution is 9.10. The Labute approximate surface area is 178 Å². The second-order valence-electron chi connectivity index (χ2n) is 6.27. The minimum atomic E-state index is -3.85. The summed E-state index contributed by atoms with van der Waals surface area (Å²) in [4.78, 5) is 22.6. The first-order valence-electron chi connectivity index (χ1n) is 8.07. The molecule has 8 nitrogen and oxygen atoms in total. The van der Waals surface area contributed by atoms with Gasteiger partial charge in [-0.1, -0.05) is 37.9 Å². The fourth-order valence-electron chi connectivity index (χ4n) is 2.91. The van der Waals surface area contributed by atoms with Gasteiger partial charge in [-0.25, -0.2) is 12.7 Å². The molecule has 0 saturated heterocycles. The van der Waals surface area contributed by atoms with Crippen LogP contribution in [-0.4, -0.2) is 37.1 Å². The van der Waals surface area contributed by atoms with E-state index in [0.717, 1.165) is 26.5 Å². The van der Waals surface area contributed by atoms with E-state index in [4.69, 9.17) is 0 Å². The van der Waals surface area contributed by atoms with E-state index in [1.165, 1.54) is 19.2 Å². The number of sulfonamides is 1. The summed E-state index contributed by atoms with van der Waals surface area (Å²) >= 11 is 6.84. The minimum absolute atomic E-state index is 0.0515. The summed E-state index contributed by atoms with van der Waals surface area (Å²) in [6.45, 7) is 0.0630. The number of nitro groups is 1. The van der Waals surface area contributed by atoms with Crippen molar-refractivity contribution in [3.05, 3.63) is 62.6 Å². The molecule has 0 aromatic heterocycles. The third kappa shape index (κ3) is 3.71. The number of benzene rings is 2. The first kappa shape index (κ1) is 20.9. The zero-order valence-corrected chi connectivity index (χ0v) is 18.5. The van der Waals surface area contributed by atoms with Gasteiger partial charge in [0.2, 0.25) is 15.9 Å². The first-order chi connectivity index (χ1) is 13.1. The number of rotatable bonds is 6. The number of amides is 1. The highest BCUT2D eigenvalue weighted by Gasteiger charge is 2.45. The van der Waals surface area contributed by atoms with Crippen LogP contribution >= 0.6 is 31.9 Å². The number of non-ortho nitro benzene ring substituents is 1. The standard InChI is InChI=1S/C17H15Br2N3O5S/c1-21(28(26,27)13-5-3-12(4-6-13)22(24)25)9-8-17(19)14-7-2-11(18)10-15(14)20-16(17)23/h2-7,10H,8-9H2,1H3,(H,20,23). The number of carbonyl (C=O) groups is 1. The number of hydrogen-bond acceptors (Lipinski definition) is 5. The Hall–Kier alpha value is -1.82. The molecule has 1 amide bonds. The van der Waals surface area contributed by atoms with Gasteiger partial charge < -0.3 is 5.32 Å². The van der Waals surface area contributed by atoms with Crippen LogP contribution in [0.1, 0.15) is 12.0 Å². The van der Waals surface area contributed by atoms with Crippen molar-refractivity contribution in [1.82, 2.24) is 4.31 Å². The van der Waals surface area contributed by atoms with Gasteiger partial charge in [0, 0.05) is 41.4 Å². The molecule has 0 fully saturated rings. The lowest BCUT2D eigenvalue weighted by molar-refractivity contribution is -0.384. The molecule has 0 radical (unpaired) electrons. The maximum absolute atomic E-state index is 12.7. The van der Waals surface area contributed by atoms with Crippen LogP contribution in [0, 0.1) is 10.1 Å². The van der Waals surface area contributed by atoms with Crippen molar-refractivity contribution < 1.29 is 18.1 Å². The Kier molecular flexibility index (Phi) is 5.63. The molecule has 1 atom stereocenters. The Morgan fingerprint density at radius 2 is 1.86 bits per heavy atom. The van der Waals surface area contributed by atoms with Crippen molar-refractivity contribution in [3.8, 4) is 0 Å². The van der Waals surface area contributed by atoms with Crippen molar-refractivity contribution in [2.45, 2.75) is 15.6 Å². The quantitative estimate of drug-likeness (QED) is 0.347. The van der Waals surface area contributed by atoms with Crippen LogP contribution in [-0.2, 0) is 19.1 Å². The van der Waals surface area contributed by atoms with Crippen LogP contribution in [0.4, 0.5) is 11.4 Å². The van der Waals surface area contributed by atoms with Crippen LogP contribution in [0.2, 0.25) is 0 Å². The van der Waals surface area contributed by atoms with Crippen LogP contribution in [0.3, 0.4) is 0 Å². The maximum atomic E-state index is 12.7. The van der Waals surface area contributed by atoms with Gasteiger partial charge in [-0.15, -0.1) is 0 Å². The number of nitro benzene ring substituents is 1. The summed E-state index contributed by atoms with van der Waals surface area (Å²) in [5.41, 5.74) is 1.21. The highest BCUT2D eigenvalue weighted by Crippen LogP contribution is 2.46. The molecule has 148 valence electrons. The largest absolute Gasteiger partial charge is 0.324 e. The third-order valence-electron chi connectivity index (χ3n) is 4.54. The Bertz CT molecular complexity index is 1060. The van der Waals surface area contributed by atoms with E-state index in [1.807, 2.05) is 6.07 Å². The van der Waals surface area contributed by atoms with Crippen molar-refractivity contribution in [2.24, 2.45) is 0 Å². The number of fused-ring (bicyclic) bond motifs is 1. The van der Waals surface area contributed by atoms with Gasteiger partial charge in [0.15, 0.2) is 0 Å². The van der Waals surface area contributed by atoms with Crippen LogP contribution < -0.4 is 5.32 Å². The number of carbonyl (C=O) groups excluding carboxylic acids is 1. The third-order valence-corrected chi connectivity index (χ3v) is 8.09. The van der Waals surface area contributed by atoms with Gasteiger partial charge >= 0.3 is 0 Å². The zero-order chi connectivity index (χ0) is 20.7. The van der Waals surface area contributed by atoms with E-state index in [9.17, 15) is 23.3 Å². The van der Waals surface area contributed by atoms with Crippen molar-refractivity contribution in [2.75, 3.05) is 18.9 Å². The lowest BCUT2D eigenvalue weighted by atomic mass is 9.97. The number of nitrogens with one attached hydrogen (secondary N) is 1. The lowest BCUT2D eigenvalue weighted by Gasteiger charge is -2.24. The molecule has 1 heterocycles. The fraction of sp³-hybridized carbons (Fsp3) is 0.235. The Balaban J connectivity index is 1.79. The Morgan fingerprint density at radius 1 is 1.21 bits per heavy atom. The predicted molar refractivity (Wildman–Crippen MR) is 111 cm³/mol. The topological polar surface area (TPSA) is 110 Å². The smallest absolute Gasteiger partial charge is 0.269 e. The van der Waals surface area contributed by atoms with Gasteiger partial charge in [0.05, 0.1) is 9.82 Å². The molecule has 11 heteroatoms. The summed E-state index contributed by atoms with van der Waals surface area (Å²) in [5, 5.41) is 13.5. The number of anilines is 1. The Morgan fingerprint density at radius 3 is 2.46 bits per heavy atom. The van der Waals surface area contributed by atoms with Gasteiger partial charge in [0.1, 0.15) is 4.32 Å². The van der Waals surface area contributed by atoms with Crippen LogP contribution in [0.25, 0.3) is 0 Å². The lowest BCUT2D eigenvalue weighted by Crippen LogP contribution is -2.35. The molecule has 1 aliphatic rings. The zero-order valence-electron chi connectivity index (χ0n) is 14.6. The molecular formula is C17H15Br2N3O5S. The summed E-state index contributed by atoms with van der Waals surface area (Å²) in [5.74, 6) is -0.262. The van der Waals surface area contributed by atoms with E-state index in [1.54, 1.807) is 12.1 Å².